The van der Waals surface area contributed by atoms with Gasteiger partial charge in [0.25, 0.3) is 0 Å². The number of carbonyl (C=O) groups is 1. The second-order valence-corrected chi connectivity index (χ2v) is 4.44. The molecule has 104 valence electrons. The fourth-order valence-corrected chi connectivity index (χ4v) is 1.71. The quantitative estimate of drug-likeness (QED) is 0.904. The molecule has 0 aromatic heterocycles. The Morgan fingerprint density at radius 1 is 1.20 bits per heavy atom. The van der Waals surface area contributed by atoms with Crippen molar-refractivity contribution >= 4 is 11.6 Å². The second-order valence-electron chi connectivity index (χ2n) is 4.44. The molecule has 2 rings (SSSR count). The van der Waals surface area contributed by atoms with Gasteiger partial charge in [-0.05, 0) is 36.8 Å². The van der Waals surface area contributed by atoms with E-state index in [0.29, 0.717) is 5.75 Å². The molecular formula is C16H16FNO2. The van der Waals surface area contributed by atoms with E-state index in [1.54, 1.807) is 19.1 Å². The van der Waals surface area contributed by atoms with Gasteiger partial charge in [-0.1, -0.05) is 24.3 Å². The van der Waals surface area contributed by atoms with Crippen LogP contribution in [-0.4, -0.2) is 12.5 Å². The summed E-state index contributed by atoms with van der Waals surface area (Å²) in [5.74, 6) is 0.00725. The minimum atomic E-state index is -0.428. The number of ether oxygens (including phenoxy) is 1. The maximum Gasteiger partial charge on any atom is 0.227 e. The highest BCUT2D eigenvalue weighted by atomic mass is 19.1. The first-order valence-electron chi connectivity index (χ1n) is 6.39. The van der Waals surface area contributed by atoms with E-state index in [9.17, 15) is 9.18 Å². The molecule has 2 aromatic rings. The number of aryl methyl sites for hydroxylation is 1. The van der Waals surface area contributed by atoms with E-state index in [1.165, 1.54) is 6.07 Å². The van der Waals surface area contributed by atoms with Gasteiger partial charge in [0.1, 0.15) is 11.6 Å². The number of halogens is 1. The topological polar surface area (TPSA) is 38.3 Å². The lowest BCUT2D eigenvalue weighted by molar-refractivity contribution is -0.116. The summed E-state index contributed by atoms with van der Waals surface area (Å²) < 4.78 is 19.0. The van der Waals surface area contributed by atoms with Crippen LogP contribution in [0, 0.1) is 12.7 Å². The summed E-state index contributed by atoms with van der Waals surface area (Å²) in [6, 6.07) is 13.9. The van der Waals surface area contributed by atoms with Gasteiger partial charge in [0, 0.05) is 0 Å². The van der Waals surface area contributed by atoms with Gasteiger partial charge >= 0.3 is 0 Å². The molecule has 2 aromatic carbocycles. The van der Waals surface area contributed by atoms with Gasteiger partial charge in [-0.15, -0.1) is 0 Å². The number of rotatable bonds is 5. The highest BCUT2D eigenvalue weighted by Crippen LogP contribution is 2.15. The molecule has 3 nitrogen and oxygen atoms in total. The fraction of sp³-hybridized carbons (Fsp3) is 0.188. The molecule has 1 amide bonds. The Kier molecular flexibility index (Phi) is 4.71. The van der Waals surface area contributed by atoms with Crippen LogP contribution in [0.4, 0.5) is 10.1 Å². The Bertz CT molecular complexity index is 584. The first-order valence-corrected chi connectivity index (χ1v) is 6.39. The summed E-state index contributed by atoms with van der Waals surface area (Å²) in [5, 5.41) is 2.53. The van der Waals surface area contributed by atoms with E-state index >= 15 is 0 Å². The van der Waals surface area contributed by atoms with Crippen molar-refractivity contribution in [2.45, 2.75) is 13.3 Å². The Balaban J connectivity index is 1.81. The van der Waals surface area contributed by atoms with Crippen LogP contribution in [0.1, 0.15) is 12.0 Å². The number of nitrogens with one attached hydrogen (secondary N) is 1. The predicted octanol–water partition coefficient (Wildman–Crippen LogP) is 3.54. The predicted molar refractivity (Wildman–Crippen MR) is 76.3 cm³/mol. The minimum Gasteiger partial charge on any atom is -0.493 e. The molecule has 0 saturated heterocycles. The molecule has 0 aliphatic rings. The van der Waals surface area contributed by atoms with Crippen LogP contribution in [0.2, 0.25) is 0 Å². The normalized spacial score (nSPS) is 10.1. The highest BCUT2D eigenvalue weighted by Gasteiger charge is 2.07. The zero-order valence-corrected chi connectivity index (χ0v) is 11.2. The number of para-hydroxylation sites is 1. The van der Waals surface area contributed by atoms with Gasteiger partial charge in [-0.25, -0.2) is 4.39 Å². The third kappa shape index (κ3) is 4.09. The van der Waals surface area contributed by atoms with Crippen LogP contribution in [0.25, 0.3) is 0 Å². The summed E-state index contributed by atoms with van der Waals surface area (Å²) in [7, 11) is 0. The van der Waals surface area contributed by atoms with E-state index in [0.717, 1.165) is 5.56 Å². The smallest absolute Gasteiger partial charge is 0.227 e. The molecule has 0 aliphatic heterocycles. The molecule has 0 heterocycles. The lowest BCUT2D eigenvalue weighted by Gasteiger charge is -2.08. The average Bonchev–Trinajstić information content (AvgIpc) is 2.43. The summed E-state index contributed by atoms with van der Waals surface area (Å²) >= 11 is 0. The molecule has 0 spiro atoms. The van der Waals surface area contributed by atoms with Crippen molar-refractivity contribution in [1.82, 2.24) is 0 Å². The molecule has 20 heavy (non-hydrogen) atoms. The van der Waals surface area contributed by atoms with Crippen molar-refractivity contribution in [2.75, 3.05) is 11.9 Å². The number of hydrogen-bond acceptors (Lipinski definition) is 2. The molecule has 0 aliphatic carbocycles. The average molecular weight is 273 g/mol. The molecule has 0 radical (unpaired) electrons. The summed E-state index contributed by atoms with van der Waals surface area (Å²) in [6.45, 7) is 2.05. The first kappa shape index (κ1) is 14.1. The Morgan fingerprint density at radius 2 is 1.95 bits per heavy atom. The van der Waals surface area contributed by atoms with Crippen molar-refractivity contribution < 1.29 is 13.9 Å². The first-order chi connectivity index (χ1) is 9.65. The highest BCUT2D eigenvalue weighted by molar-refractivity contribution is 5.90. The molecule has 0 saturated carbocycles. The van der Waals surface area contributed by atoms with E-state index in [4.69, 9.17) is 4.74 Å². The van der Waals surface area contributed by atoms with Crippen LogP contribution in [-0.2, 0) is 4.79 Å². The summed E-state index contributed by atoms with van der Waals surface area (Å²) in [4.78, 5) is 11.7. The molecule has 0 fully saturated rings. The van der Waals surface area contributed by atoms with Gasteiger partial charge in [0.05, 0.1) is 18.7 Å². The molecule has 0 atom stereocenters. The van der Waals surface area contributed by atoms with E-state index in [1.807, 2.05) is 30.3 Å². The largest absolute Gasteiger partial charge is 0.493 e. The second kappa shape index (κ2) is 6.70. The maximum atomic E-state index is 13.6. The standard InChI is InChI=1S/C16H16FNO2/c1-12-7-8-15(14(17)11-12)18-16(19)9-10-20-13-5-3-2-4-6-13/h2-8,11H,9-10H2,1H3,(H,18,19). The zero-order valence-electron chi connectivity index (χ0n) is 11.2. The van der Waals surface area contributed by atoms with Gasteiger partial charge in [0.2, 0.25) is 5.91 Å². The fourth-order valence-electron chi connectivity index (χ4n) is 1.71. The Morgan fingerprint density at radius 3 is 2.65 bits per heavy atom. The SMILES string of the molecule is Cc1ccc(NC(=O)CCOc2ccccc2)c(F)c1. The third-order valence-electron chi connectivity index (χ3n) is 2.74. The van der Waals surface area contributed by atoms with Crippen molar-refractivity contribution in [2.24, 2.45) is 0 Å². The summed E-state index contributed by atoms with van der Waals surface area (Å²) in [6.07, 6.45) is 0.169. The van der Waals surface area contributed by atoms with Crippen LogP contribution in [0.3, 0.4) is 0 Å². The van der Waals surface area contributed by atoms with Crippen molar-refractivity contribution in [3.05, 3.63) is 59.9 Å². The number of hydrogen-bond donors (Lipinski definition) is 1. The third-order valence-corrected chi connectivity index (χ3v) is 2.74. The Hall–Kier alpha value is -2.36. The van der Waals surface area contributed by atoms with Crippen LogP contribution < -0.4 is 10.1 Å². The van der Waals surface area contributed by atoms with E-state index < -0.39 is 5.82 Å². The van der Waals surface area contributed by atoms with Crippen LogP contribution in [0.15, 0.2) is 48.5 Å². The molecule has 4 heteroatoms. The molecule has 0 unspecified atom stereocenters. The molecule has 1 N–H and O–H groups in total. The monoisotopic (exact) mass is 273 g/mol. The zero-order chi connectivity index (χ0) is 14.4. The van der Waals surface area contributed by atoms with Gasteiger partial charge in [0.15, 0.2) is 0 Å². The lowest BCUT2D eigenvalue weighted by atomic mass is 10.2. The number of carbonyl (C=O) groups excluding carboxylic acids is 1. The lowest BCUT2D eigenvalue weighted by Crippen LogP contribution is -2.16. The van der Waals surface area contributed by atoms with Gasteiger partial charge in [-0.2, -0.15) is 0 Å². The van der Waals surface area contributed by atoms with Crippen molar-refractivity contribution in [3.8, 4) is 5.75 Å². The van der Waals surface area contributed by atoms with Crippen LogP contribution >= 0.6 is 0 Å². The van der Waals surface area contributed by atoms with Crippen molar-refractivity contribution in [3.63, 3.8) is 0 Å². The van der Waals surface area contributed by atoms with E-state index in [2.05, 4.69) is 5.32 Å². The number of anilines is 1. The van der Waals surface area contributed by atoms with Crippen LogP contribution in [0.5, 0.6) is 5.75 Å². The summed E-state index contributed by atoms with van der Waals surface area (Å²) in [5.41, 5.74) is 1.01. The minimum absolute atomic E-state index is 0.169. The number of amides is 1. The maximum absolute atomic E-state index is 13.6. The van der Waals surface area contributed by atoms with Gasteiger partial charge < -0.3 is 10.1 Å². The van der Waals surface area contributed by atoms with Crippen molar-refractivity contribution in [1.29, 1.82) is 0 Å². The number of benzene rings is 2. The van der Waals surface area contributed by atoms with E-state index in [-0.39, 0.29) is 24.6 Å². The van der Waals surface area contributed by atoms with Gasteiger partial charge in [-0.3, -0.25) is 4.79 Å². The Labute approximate surface area is 117 Å². The molecule has 0 bridgehead atoms. The molecular weight excluding hydrogens is 257 g/mol.